The van der Waals surface area contributed by atoms with Crippen molar-refractivity contribution in [2.24, 2.45) is 56.7 Å². The number of ketones is 1. The monoisotopic (exact) mass is 528 g/mol. The van der Waals surface area contributed by atoms with Crippen LogP contribution >= 0.6 is 0 Å². The van der Waals surface area contributed by atoms with E-state index in [1.165, 1.54) is 6.92 Å². The van der Waals surface area contributed by atoms with Crippen molar-refractivity contribution in [2.75, 3.05) is 13.2 Å². The molecule has 38 heavy (non-hydrogen) atoms. The van der Waals surface area contributed by atoms with Crippen molar-refractivity contribution in [3.63, 3.8) is 0 Å². The third-order valence-corrected chi connectivity index (χ3v) is 14.2. The first-order valence-electron chi connectivity index (χ1n) is 15.3. The molecular weight excluding hydrogens is 476 g/mol. The lowest BCUT2D eigenvalue weighted by Gasteiger charge is -2.73. The fourth-order valence-corrected chi connectivity index (χ4v) is 12.0. The first-order valence-corrected chi connectivity index (χ1v) is 15.3. The number of fused-ring (bicyclic) bond motifs is 7. The van der Waals surface area contributed by atoms with Crippen molar-refractivity contribution >= 4 is 11.8 Å². The summed E-state index contributed by atoms with van der Waals surface area (Å²) in [6, 6.07) is 0. The van der Waals surface area contributed by atoms with E-state index in [-0.39, 0.29) is 52.7 Å². The minimum atomic E-state index is -0.437. The predicted molar refractivity (Wildman–Crippen MR) is 148 cm³/mol. The third kappa shape index (κ3) is 3.55. The first kappa shape index (κ1) is 28.3. The van der Waals surface area contributed by atoms with E-state index in [4.69, 9.17) is 4.74 Å². The van der Waals surface area contributed by atoms with Crippen LogP contribution in [-0.2, 0) is 14.3 Å². The van der Waals surface area contributed by atoms with Gasteiger partial charge in [0, 0.05) is 17.8 Å². The summed E-state index contributed by atoms with van der Waals surface area (Å²) in [5.41, 5.74) is 0.633. The zero-order chi connectivity index (χ0) is 27.9. The molecule has 0 aliphatic heterocycles. The molecule has 5 aliphatic carbocycles. The molecule has 5 aliphatic rings. The van der Waals surface area contributed by atoms with Crippen molar-refractivity contribution < 1.29 is 24.5 Å². The van der Waals surface area contributed by atoms with Gasteiger partial charge >= 0.3 is 5.97 Å². The molecule has 214 valence electrons. The highest BCUT2D eigenvalue weighted by molar-refractivity contribution is 5.83. The molecule has 0 amide bonds. The molecule has 5 heteroatoms. The van der Waals surface area contributed by atoms with Crippen molar-refractivity contribution in [1.29, 1.82) is 0 Å². The largest absolute Gasteiger partial charge is 0.461 e. The fourth-order valence-electron chi connectivity index (χ4n) is 12.0. The Bertz CT molecular complexity index is 1010. The molecule has 5 rings (SSSR count). The highest BCUT2D eigenvalue weighted by Gasteiger charge is 2.71. The molecular formula is C33H52O5. The minimum Gasteiger partial charge on any atom is -0.461 e. The van der Waals surface area contributed by atoms with E-state index < -0.39 is 11.5 Å². The van der Waals surface area contributed by atoms with Crippen LogP contribution < -0.4 is 0 Å². The molecule has 0 bridgehead atoms. The van der Waals surface area contributed by atoms with Crippen LogP contribution in [0.4, 0.5) is 0 Å². The van der Waals surface area contributed by atoms with Crippen molar-refractivity contribution in [3.8, 4) is 0 Å². The number of esters is 1. The number of aliphatic hydroxyl groups is 2. The summed E-state index contributed by atoms with van der Waals surface area (Å²) in [5.74, 6) is 1.86. The molecule has 0 radical (unpaired) electrons. The molecule has 0 aromatic rings. The van der Waals surface area contributed by atoms with E-state index in [9.17, 15) is 19.8 Å². The van der Waals surface area contributed by atoms with Crippen LogP contribution in [0.2, 0.25) is 0 Å². The molecule has 0 aromatic carbocycles. The number of aliphatic hydroxyl groups excluding tert-OH is 2. The quantitative estimate of drug-likeness (QED) is 0.332. The summed E-state index contributed by atoms with van der Waals surface area (Å²) in [6.07, 6.45) is 9.72. The van der Waals surface area contributed by atoms with Gasteiger partial charge in [-0.15, -0.1) is 0 Å². The van der Waals surface area contributed by atoms with Gasteiger partial charge in [0.15, 0.2) is 0 Å². The van der Waals surface area contributed by atoms with Crippen molar-refractivity contribution in [3.05, 3.63) is 12.2 Å². The van der Waals surface area contributed by atoms with Crippen molar-refractivity contribution in [1.82, 2.24) is 0 Å². The number of hydrogen-bond acceptors (Lipinski definition) is 5. The Balaban J connectivity index is 1.52. The van der Waals surface area contributed by atoms with Crippen LogP contribution in [-0.4, -0.2) is 41.3 Å². The molecule has 2 unspecified atom stereocenters. The average Bonchev–Trinajstić information content (AvgIpc) is 3.26. The second kappa shape index (κ2) is 9.16. The Morgan fingerprint density at radius 2 is 1.58 bits per heavy atom. The van der Waals surface area contributed by atoms with Gasteiger partial charge in [-0.2, -0.15) is 0 Å². The number of rotatable bonds is 5. The SMILES string of the molecule is C=C(COC(C)=O)C1CC[C@]2(C(C)=O)CC[C@]3(C)C(CC[C@@H]4[C@@]5(C)CC[C@H](O)[C@@](C)(CO)[C@@H]5CC[C@]43C)[C@@H]12. The van der Waals surface area contributed by atoms with Gasteiger partial charge in [0.2, 0.25) is 0 Å². The van der Waals surface area contributed by atoms with Crippen LogP contribution in [0.1, 0.15) is 106 Å². The molecule has 0 heterocycles. The van der Waals surface area contributed by atoms with Crippen LogP contribution in [0.3, 0.4) is 0 Å². The molecule has 0 spiro atoms. The second-order valence-electron chi connectivity index (χ2n) is 15.2. The van der Waals surface area contributed by atoms with Crippen LogP contribution in [0.5, 0.6) is 0 Å². The summed E-state index contributed by atoms with van der Waals surface area (Å²) in [7, 11) is 0. The number of ether oxygens (including phenoxy) is 1. The summed E-state index contributed by atoms with van der Waals surface area (Å²) < 4.78 is 5.40. The van der Waals surface area contributed by atoms with Gasteiger partial charge in [0.05, 0.1) is 12.7 Å². The molecule has 11 atom stereocenters. The lowest BCUT2D eigenvalue weighted by Crippen LogP contribution is -2.67. The van der Waals surface area contributed by atoms with Crippen LogP contribution in [0, 0.1) is 56.7 Å². The first-order chi connectivity index (χ1) is 17.7. The fraction of sp³-hybridized carbons (Fsp3) is 0.879. The maximum absolute atomic E-state index is 13.4. The van der Waals surface area contributed by atoms with Gasteiger partial charge in [0.25, 0.3) is 0 Å². The van der Waals surface area contributed by atoms with Crippen molar-refractivity contribution in [2.45, 2.75) is 112 Å². The molecule has 2 N–H and O–H groups in total. The lowest BCUT2D eigenvalue weighted by atomic mass is 9.32. The molecule has 5 saturated carbocycles. The average molecular weight is 529 g/mol. The Morgan fingerprint density at radius 1 is 0.868 bits per heavy atom. The van der Waals surface area contributed by atoms with E-state index in [2.05, 4.69) is 34.3 Å². The van der Waals surface area contributed by atoms with E-state index in [1.54, 1.807) is 0 Å². The van der Waals surface area contributed by atoms with Crippen LogP contribution in [0.25, 0.3) is 0 Å². The van der Waals surface area contributed by atoms with E-state index in [1.807, 2.05) is 6.92 Å². The standard InChI is InChI=1S/C33H52O5/c1-20(18-38-22(3)36)23-10-15-33(21(2)35)17-16-31(6)24(28(23)33)8-9-26-29(4)13-12-27(37)30(5,19-34)25(29)11-14-32(26,31)7/h23-28,34,37H,1,8-19H2,2-7H3/t23?,24?,25-,26-,27+,28-,29+,30+,31-,32-,33-/m1/s1. The van der Waals surface area contributed by atoms with Gasteiger partial charge in [0.1, 0.15) is 12.4 Å². The Morgan fingerprint density at radius 3 is 2.21 bits per heavy atom. The zero-order valence-electron chi connectivity index (χ0n) is 24.8. The van der Waals surface area contributed by atoms with Gasteiger partial charge in [-0.3, -0.25) is 9.59 Å². The maximum Gasteiger partial charge on any atom is 0.302 e. The summed E-state index contributed by atoms with van der Waals surface area (Å²) in [4.78, 5) is 25.0. The summed E-state index contributed by atoms with van der Waals surface area (Å²) in [5, 5.41) is 21.5. The zero-order valence-corrected chi connectivity index (χ0v) is 24.8. The topological polar surface area (TPSA) is 83.8 Å². The Hall–Kier alpha value is -1.20. The second-order valence-corrected chi connectivity index (χ2v) is 15.2. The molecule has 0 aromatic heterocycles. The predicted octanol–water partition coefficient (Wildman–Crippen LogP) is 6.11. The Kier molecular flexibility index (Phi) is 6.83. The van der Waals surface area contributed by atoms with Gasteiger partial charge in [-0.05, 0) is 123 Å². The number of Topliss-reactive ketones (excluding diaryl/α,β-unsaturated/α-hetero) is 1. The summed E-state index contributed by atoms with van der Waals surface area (Å²) in [6.45, 7) is 17.7. The highest BCUT2D eigenvalue weighted by atomic mass is 16.5. The van der Waals surface area contributed by atoms with E-state index in [0.717, 1.165) is 69.8 Å². The van der Waals surface area contributed by atoms with Gasteiger partial charge < -0.3 is 14.9 Å². The molecule has 0 saturated heterocycles. The van der Waals surface area contributed by atoms with Gasteiger partial charge in [-0.1, -0.05) is 34.3 Å². The van der Waals surface area contributed by atoms with E-state index >= 15 is 0 Å². The minimum absolute atomic E-state index is 0.0487. The lowest BCUT2D eigenvalue weighted by molar-refractivity contribution is -0.252. The summed E-state index contributed by atoms with van der Waals surface area (Å²) >= 11 is 0. The van der Waals surface area contributed by atoms with E-state index in [0.29, 0.717) is 23.5 Å². The number of hydrogen-bond donors (Lipinski definition) is 2. The number of carbonyl (C=O) groups is 2. The van der Waals surface area contributed by atoms with Crippen LogP contribution in [0.15, 0.2) is 12.2 Å². The maximum atomic E-state index is 13.4. The van der Waals surface area contributed by atoms with Gasteiger partial charge in [-0.25, -0.2) is 0 Å². The molecule has 5 nitrogen and oxygen atoms in total. The highest BCUT2D eigenvalue weighted by Crippen LogP contribution is 2.77. The number of carbonyl (C=O) groups excluding carboxylic acids is 2. The smallest absolute Gasteiger partial charge is 0.302 e. The normalized spacial score (nSPS) is 51.7. The third-order valence-electron chi connectivity index (χ3n) is 14.2. The molecule has 5 fully saturated rings. The Labute approximate surface area is 230 Å².